The molecule has 3 nitrogen and oxygen atoms in total. The normalized spacial score (nSPS) is 19.6. The highest BCUT2D eigenvalue weighted by atomic mass is 19.1. The molecule has 1 aromatic carbocycles. The van der Waals surface area contributed by atoms with E-state index in [1.54, 1.807) is 0 Å². The highest BCUT2D eigenvalue weighted by Crippen LogP contribution is 2.20. The van der Waals surface area contributed by atoms with Crippen molar-refractivity contribution >= 4 is 0 Å². The number of piperidine rings is 1. The molecule has 1 unspecified atom stereocenters. The third kappa shape index (κ3) is 3.72. The van der Waals surface area contributed by atoms with Crippen LogP contribution in [0.2, 0.25) is 0 Å². The van der Waals surface area contributed by atoms with Gasteiger partial charge in [-0.3, -0.25) is 0 Å². The second-order valence-electron chi connectivity index (χ2n) is 5.14. The summed E-state index contributed by atoms with van der Waals surface area (Å²) in [6.45, 7) is 2.18. The number of nitrogens with one attached hydrogen (secondary N) is 1. The lowest BCUT2D eigenvalue weighted by atomic mass is 10.0. The molecule has 1 aliphatic rings. The molecule has 0 aromatic heterocycles. The molecule has 5 heteroatoms. The summed E-state index contributed by atoms with van der Waals surface area (Å²) in [5.74, 6) is -1.39. The Hall–Kier alpha value is -1.04. The lowest BCUT2D eigenvalue weighted by molar-refractivity contribution is 0.150. The first kappa shape index (κ1) is 14.4. The van der Waals surface area contributed by atoms with E-state index in [0.717, 1.165) is 38.1 Å². The summed E-state index contributed by atoms with van der Waals surface area (Å²) in [5.41, 5.74) is -0.247. The van der Waals surface area contributed by atoms with E-state index in [4.69, 9.17) is 0 Å². The monoisotopic (exact) mass is 270 g/mol. The maximum Gasteiger partial charge on any atom is 0.131 e. The Morgan fingerprint density at radius 3 is 2.47 bits per heavy atom. The van der Waals surface area contributed by atoms with Crippen molar-refractivity contribution in [1.82, 2.24) is 10.2 Å². The zero-order valence-corrected chi connectivity index (χ0v) is 11.1. The maximum atomic E-state index is 13.5. The van der Waals surface area contributed by atoms with Crippen LogP contribution in [0.3, 0.4) is 0 Å². The SMILES string of the molecule is CN1CCC(NCC(O)c2c(F)cccc2F)CC1. The van der Waals surface area contributed by atoms with Crippen LogP contribution in [0.4, 0.5) is 8.78 Å². The number of halogens is 2. The number of likely N-dealkylation sites (tertiary alicyclic amines) is 1. The van der Waals surface area contributed by atoms with Crippen LogP contribution >= 0.6 is 0 Å². The van der Waals surface area contributed by atoms with Gasteiger partial charge in [-0.2, -0.15) is 0 Å². The molecule has 19 heavy (non-hydrogen) atoms. The fourth-order valence-electron chi connectivity index (χ4n) is 2.42. The lowest BCUT2D eigenvalue weighted by Crippen LogP contribution is -2.42. The molecule has 1 atom stereocenters. The summed E-state index contributed by atoms with van der Waals surface area (Å²) in [5, 5.41) is 13.1. The van der Waals surface area contributed by atoms with Crippen molar-refractivity contribution in [2.75, 3.05) is 26.7 Å². The van der Waals surface area contributed by atoms with E-state index in [1.165, 1.54) is 6.07 Å². The van der Waals surface area contributed by atoms with Gasteiger partial charge < -0.3 is 15.3 Å². The Kier molecular flexibility index (Phi) is 4.85. The third-order valence-electron chi connectivity index (χ3n) is 3.65. The summed E-state index contributed by atoms with van der Waals surface area (Å²) >= 11 is 0. The molecule has 0 spiro atoms. The van der Waals surface area contributed by atoms with E-state index < -0.39 is 17.7 Å². The quantitative estimate of drug-likeness (QED) is 0.874. The number of nitrogens with zero attached hydrogens (tertiary/aromatic N) is 1. The third-order valence-corrected chi connectivity index (χ3v) is 3.65. The predicted molar refractivity (Wildman–Crippen MR) is 69.8 cm³/mol. The molecule has 2 N–H and O–H groups in total. The maximum absolute atomic E-state index is 13.5. The Labute approximate surface area is 112 Å². The Morgan fingerprint density at radius 2 is 1.89 bits per heavy atom. The Balaban J connectivity index is 1.89. The number of aliphatic hydroxyl groups excluding tert-OH is 1. The van der Waals surface area contributed by atoms with Gasteiger partial charge >= 0.3 is 0 Å². The molecule has 0 radical (unpaired) electrons. The largest absolute Gasteiger partial charge is 0.387 e. The van der Waals surface area contributed by atoms with Gasteiger partial charge in [0.1, 0.15) is 11.6 Å². The van der Waals surface area contributed by atoms with Gasteiger partial charge in [-0.25, -0.2) is 8.78 Å². The molecule has 1 aliphatic heterocycles. The van der Waals surface area contributed by atoms with Gasteiger partial charge in [0, 0.05) is 12.6 Å². The Morgan fingerprint density at radius 1 is 1.32 bits per heavy atom. The van der Waals surface area contributed by atoms with Crippen LogP contribution in [-0.4, -0.2) is 42.7 Å². The van der Waals surface area contributed by atoms with Crippen molar-refractivity contribution in [3.05, 3.63) is 35.4 Å². The molecule has 0 bridgehead atoms. The first-order valence-corrected chi connectivity index (χ1v) is 6.62. The van der Waals surface area contributed by atoms with E-state index >= 15 is 0 Å². The van der Waals surface area contributed by atoms with Crippen molar-refractivity contribution in [3.63, 3.8) is 0 Å². The zero-order chi connectivity index (χ0) is 13.8. The molecule has 1 aromatic rings. The van der Waals surface area contributed by atoms with Crippen molar-refractivity contribution in [2.24, 2.45) is 0 Å². The van der Waals surface area contributed by atoms with Crippen LogP contribution in [0, 0.1) is 11.6 Å². The first-order valence-electron chi connectivity index (χ1n) is 6.62. The van der Waals surface area contributed by atoms with E-state index in [2.05, 4.69) is 17.3 Å². The zero-order valence-electron chi connectivity index (χ0n) is 11.1. The molecule has 0 saturated carbocycles. The summed E-state index contributed by atoms with van der Waals surface area (Å²) in [4.78, 5) is 2.24. The van der Waals surface area contributed by atoms with Crippen LogP contribution in [0.15, 0.2) is 18.2 Å². The fraction of sp³-hybridized carbons (Fsp3) is 0.571. The molecular weight excluding hydrogens is 250 g/mol. The molecule has 1 saturated heterocycles. The van der Waals surface area contributed by atoms with Crippen molar-refractivity contribution < 1.29 is 13.9 Å². The molecular formula is C14H20F2N2O. The summed E-state index contributed by atoms with van der Waals surface area (Å²) in [6.07, 6.45) is 0.826. The van der Waals surface area contributed by atoms with Gasteiger partial charge in [0.2, 0.25) is 0 Å². The van der Waals surface area contributed by atoms with Crippen LogP contribution in [-0.2, 0) is 0 Å². The van der Waals surface area contributed by atoms with E-state index in [0.29, 0.717) is 6.04 Å². The molecule has 0 aliphatic carbocycles. The van der Waals surface area contributed by atoms with E-state index in [-0.39, 0.29) is 12.1 Å². The molecule has 1 heterocycles. The van der Waals surface area contributed by atoms with Crippen LogP contribution in [0.5, 0.6) is 0 Å². The van der Waals surface area contributed by atoms with Gasteiger partial charge in [0.05, 0.1) is 11.7 Å². The first-order chi connectivity index (χ1) is 9.08. The lowest BCUT2D eigenvalue weighted by Gasteiger charge is -2.30. The van der Waals surface area contributed by atoms with Crippen LogP contribution < -0.4 is 5.32 Å². The predicted octanol–water partition coefficient (Wildman–Crippen LogP) is 1.68. The van der Waals surface area contributed by atoms with Gasteiger partial charge in [0.25, 0.3) is 0 Å². The molecule has 0 amide bonds. The van der Waals surface area contributed by atoms with E-state index in [1.807, 2.05) is 0 Å². The fourth-order valence-corrected chi connectivity index (χ4v) is 2.42. The number of hydrogen-bond donors (Lipinski definition) is 2. The van der Waals surface area contributed by atoms with Crippen LogP contribution in [0.1, 0.15) is 24.5 Å². The number of aliphatic hydroxyl groups is 1. The smallest absolute Gasteiger partial charge is 0.131 e. The average Bonchev–Trinajstić information content (AvgIpc) is 2.38. The average molecular weight is 270 g/mol. The second-order valence-corrected chi connectivity index (χ2v) is 5.14. The van der Waals surface area contributed by atoms with Crippen LogP contribution in [0.25, 0.3) is 0 Å². The highest BCUT2D eigenvalue weighted by molar-refractivity contribution is 5.22. The highest BCUT2D eigenvalue weighted by Gasteiger charge is 2.21. The minimum atomic E-state index is -1.15. The van der Waals surface area contributed by atoms with Gasteiger partial charge in [-0.05, 0) is 45.1 Å². The molecule has 1 fully saturated rings. The summed E-state index contributed by atoms with van der Waals surface area (Å²) < 4.78 is 27.0. The van der Waals surface area contributed by atoms with Gasteiger partial charge in [-0.15, -0.1) is 0 Å². The van der Waals surface area contributed by atoms with E-state index in [9.17, 15) is 13.9 Å². The van der Waals surface area contributed by atoms with Gasteiger partial charge in [0.15, 0.2) is 0 Å². The topological polar surface area (TPSA) is 35.5 Å². The minimum Gasteiger partial charge on any atom is -0.387 e. The minimum absolute atomic E-state index is 0.173. The number of rotatable bonds is 4. The van der Waals surface area contributed by atoms with Crippen molar-refractivity contribution in [3.8, 4) is 0 Å². The summed E-state index contributed by atoms with van der Waals surface area (Å²) in [7, 11) is 2.07. The summed E-state index contributed by atoms with van der Waals surface area (Å²) in [6, 6.07) is 3.93. The second kappa shape index (κ2) is 6.41. The standard InChI is InChI=1S/C14H20F2N2O/c1-18-7-5-10(6-8-18)17-9-13(19)14-11(15)3-2-4-12(14)16/h2-4,10,13,17,19H,5-9H2,1H3. The van der Waals surface area contributed by atoms with Crippen molar-refractivity contribution in [1.29, 1.82) is 0 Å². The molecule has 106 valence electrons. The number of benzene rings is 1. The Bertz CT molecular complexity index is 400. The number of hydrogen-bond acceptors (Lipinski definition) is 3. The van der Waals surface area contributed by atoms with Gasteiger partial charge in [-0.1, -0.05) is 6.07 Å². The van der Waals surface area contributed by atoms with Crippen molar-refractivity contribution in [2.45, 2.75) is 25.0 Å². The molecule has 2 rings (SSSR count).